The lowest BCUT2D eigenvalue weighted by Crippen LogP contribution is -2.56. The SMILES string of the molecule is CC(=O)O[C@H]1O[C@H](C)C(C)[C@@H](OC(C)=O)[C@@H]1OC(C)=O. The molecule has 0 spiro atoms. The van der Waals surface area contributed by atoms with Gasteiger partial charge in [0, 0.05) is 26.7 Å². The highest BCUT2D eigenvalue weighted by Gasteiger charge is 2.48. The maximum absolute atomic E-state index is 11.2. The topological polar surface area (TPSA) is 88.1 Å². The molecule has 0 saturated carbocycles. The number of carbonyl (C=O) groups is 3. The van der Waals surface area contributed by atoms with Crippen LogP contribution in [0.3, 0.4) is 0 Å². The number of hydrogen-bond donors (Lipinski definition) is 0. The van der Waals surface area contributed by atoms with E-state index >= 15 is 0 Å². The minimum atomic E-state index is -1.09. The second-order valence-electron chi connectivity index (χ2n) is 4.83. The largest absolute Gasteiger partial charge is 0.458 e. The van der Waals surface area contributed by atoms with Crippen LogP contribution in [0.15, 0.2) is 0 Å². The van der Waals surface area contributed by atoms with E-state index in [-0.39, 0.29) is 12.0 Å². The maximum atomic E-state index is 11.2. The van der Waals surface area contributed by atoms with Gasteiger partial charge in [0.15, 0.2) is 0 Å². The summed E-state index contributed by atoms with van der Waals surface area (Å²) in [7, 11) is 0. The lowest BCUT2D eigenvalue weighted by Gasteiger charge is -2.42. The Morgan fingerprint density at radius 3 is 1.70 bits per heavy atom. The van der Waals surface area contributed by atoms with E-state index < -0.39 is 36.4 Å². The Balaban J connectivity index is 3.00. The summed E-state index contributed by atoms with van der Waals surface area (Å²) in [5.41, 5.74) is 0. The van der Waals surface area contributed by atoms with Crippen molar-refractivity contribution in [2.24, 2.45) is 5.92 Å². The van der Waals surface area contributed by atoms with Crippen LogP contribution in [0.2, 0.25) is 0 Å². The van der Waals surface area contributed by atoms with Gasteiger partial charge in [0.2, 0.25) is 12.4 Å². The Bertz CT molecular complexity index is 392. The zero-order valence-corrected chi connectivity index (χ0v) is 12.2. The van der Waals surface area contributed by atoms with E-state index in [0.717, 1.165) is 0 Å². The van der Waals surface area contributed by atoms with Gasteiger partial charge in [-0.2, -0.15) is 0 Å². The van der Waals surface area contributed by atoms with Gasteiger partial charge in [0.25, 0.3) is 0 Å². The van der Waals surface area contributed by atoms with Gasteiger partial charge in [-0.05, 0) is 6.92 Å². The lowest BCUT2D eigenvalue weighted by molar-refractivity contribution is -0.278. The fraction of sp³-hybridized carbons (Fsp3) is 0.769. The second kappa shape index (κ2) is 6.69. The molecule has 0 aromatic carbocycles. The highest BCUT2D eigenvalue weighted by molar-refractivity contribution is 5.68. The minimum Gasteiger partial charge on any atom is -0.458 e. The summed E-state index contributed by atoms with van der Waals surface area (Å²) in [6.07, 6.45) is -3.13. The molecule has 0 N–H and O–H groups in total. The molecule has 0 amide bonds. The normalized spacial score (nSPS) is 33.1. The van der Waals surface area contributed by atoms with Gasteiger partial charge in [-0.25, -0.2) is 0 Å². The van der Waals surface area contributed by atoms with E-state index in [1.165, 1.54) is 20.8 Å². The monoisotopic (exact) mass is 288 g/mol. The summed E-state index contributed by atoms with van der Waals surface area (Å²) >= 11 is 0. The summed E-state index contributed by atoms with van der Waals surface area (Å²) in [4.78, 5) is 33.5. The van der Waals surface area contributed by atoms with Gasteiger partial charge in [-0.3, -0.25) is 14.4 Å². The molecule has 1 rings (SSSR count). The van der Waals surface area contributed by atoms with Gasteiger partial charge >= 0.3 is 17.9 Å². The Labute approximate surface area is 117 Å². The molecule has 20 heavy (non-hydrogen) atoms. The van der Waals surface area contributed by atoms with Crippen LogP contribution in [0.25, 0.3) is 0 Å². The highest BCUT2D eigenvalue weighted by Crippen LogP contribution is 2.31. The number of hydrogen-bond acceptors (Lipinski definition) is 7. The van der Waals surface area contributed by atoms with E-state index in [1.807, 2.05) is 0 Å². The van der Waals surface area contributed by atoms with Crippen LogP contribution in [-0.4, -0.2) is 42.5 Å². The van der Waals surface area contributed by atoms with E-state index in [4.69, 9.17) is 18.9 Å². The molecule has 1 heterocycles. The fourth-order valence-corrected chi connectivity index (χ4v) is 2.07. The molecule has 0 aromatic heterocycles. The molecule has 0 aromatic rings. The van der Waals surface area contributed by atoms with Crippen LogP contribution in [0.5, 0.6) is 0 Å². The van der Waals surface area contributed by atoms with E-state index in [1.54, 1.807) is 13.8 Å². The molecule has 7 heteroatoms. The van der Waals surface area contributed by atoms with Gasteiger partial charge in [-0.1, -0.05) is 6.92 Å². The van der Waals surface area contributed by atoms with E-state index in [0.29, 0.717) is 0 Å². The van der Waals surface area contributed by atoms with Crippen molar-refractivity contribution in [3.63, 3.8) is 0 Å². The first-order valence-electron chi connectivity index (χ1n) is 6.39. The van der Waals surface area contributed by atoms with Gasteiger partial charge in [0.1, 0.15) is 6.10 Å². The lowest BCUT2D eigenvalue weighted by atomic mass is 9.91. The Hall–Kier alpha value is -1.63. The summed E-state index contributed by atoms with van der Waals surface area (Å²) in [6.45, 7) is 7.27. The van der Waals surface area contributed by atoms with Crippen molar-refractivity contribution in [1.29, 1.82) is 0 Å². The summed E-state index contributed by atoms with van der Waals surface area (Å²) in [6, 6.07) is 0. The van der Waals surface area contributed by atoms with Crippen molar-refractivity contribution in [1.82, 2.24) is 0 Å². The number of rotatable bonds is 3. The second-order valence-corrected chi connectivity index (χ2v) is 4.83. The third-order valence-electron chi connectivity index (χ3n) is 3.09. The van der Waals surface area contributed by atoms with Crippen LogP contribution >= 0.6 is 0 Å². The molecule has 1 aliphatic rings. The Morgan fingerprint density at radius 2 is 1.25 bits per heavy atom. The maximum Gasteiger partial charge on any atom is 0.305 e. The van der Waals surface area contributed by atoms with Crippen molar-refractivity contribution < 1.29 is 33.3 Å². The van der Waals surface area contributed by atoms with Crippen LogP contribution in [0.4, 0.5) is 0 Å². The molecule has 7 nitrogen and oxygen atoms in total. The highest BCUT2D eigenvalue weighted by atomic mass is 16.7. The minimum absolute atomic E-state index is 0.213. The zero-order valence-electron chi connectivity index (χ0n) is 12.2. The van der Waals surface area contributed by atoms with Crippen LogP contribution < -0.4 is 0 Å². The Kier molecular flexibility index (Phi) is 5.50. The predicted molar refractivity (Wildman–Crippen MR) is 66.4 cm³/mol. The van der Waals surface area contributed by atoms with Crippen molar-refractivity contribution in [2.45, 2.75) is 59.2 Å². The molecule has 114 valence electrons. The molecule has 5 atom stereocenters. The van der Waals surface area contributed by atoms with Crippen molar-refractivity contribution >= 4 is 17.9 Å². The number of esters is 3. The molecule has 0 radical (unpaired) electrons. The fourth-order valence-electron chi connectivity index (χ4n) is 2.07. The summed E-state index contributed by atoms with van der Waals surface area (Å²) in [5.74, 6) is -1.87. The molecule has 1 fully saturated rings. The first-order chi connectivity index (χ1) is 9.22. The molecule has 1 unspecified atom stereocenters. The first-order valence-corrected chi connectivity index (χ1v) is 6.39. The molecule has 1 saturated heterocycles. The third kappa shape index (κ3) is 4.19. The average Bonchev–Trinajstić information content (AvgIpc) is 2.28. The smallest absolute Gasteiger partial charge is 0.305 e. The molecule has 1 aliphatic heterocycles. The number of ether oxygens (including phenoxy) is 4. The zero-order chi connectivity index (χ0) is 15.4. The van der Waals surface area contributed by atoms with Crippen molar-refractivity contribution in [3.8, 4) is 0 Å². The van der Waals surface area contributed by atoms with Crippen LogP contribution in [0.1, 0.15) is 34.6 Å². The molecule has 0 bridgehead atoms. The first kappa shape index (κ1) is 16.4. The standard InChI is InChI=1S/C13H20O7/c1-6-7(2)17-13(20-10(5)16)12(19-9(4)15)11(6)18-8(3)14/h6-7,11-13H,1-5H3/t6?,7-,11-,12+,13-/m1/s1. The van der Waals surface area contributed by atoms with Crippen LogP contribution in [-0.2, 0) is 33.3 Å². The van der Waals surface area contributed by atoms with Gasteiger partial charge in [0.05, 0.1) is 6.10 Å². The number of carbonyl (C=O) groups excluding carboxylic acids is 3. The van der Waals surface area contributed by atoms with Crippen molar-refractivity contribution in [3.05, 3.63) is 0 Å². The molecular weight excluding hydrogens is 268 g/mol. The van der Waals surface area contributed by atoms with E-state index in [9.17, 15) is 14.4 Å². The van der Waals surface area contributed by atoms with E-state index in [2.05, 4.69) is 0 Å². The molecule has 0 aliphatic carbocycles. The van der Waals surface area contributed by atoms with Gasteiger partial charge < -0.3 is 18.9 Å². The predicted octanol–water partition coefficient (Wildman–Crippen LogP) is 0.794. The quantitative estimate of drug-likeness (QED) is 0.560. The van der Waals surface area contributed by atoms with Gasteiger partial charge in [-0.15, -0.1) is 0 Å². The van der Waals surface area contributed by atoms with Crippen LogP contribution in [0, 0.1) is 5.92 Å². The average molecular weight is 288 g/mol. The summed E-state index contributed by atoms with van der Waals surface area (Å²) in [5, 5.41) is 0. The third-order valence-corrected chi connectivity index (χ3v) is 3.09. The van der Waals surface area contributed by atoms with Crippen molar-refractivity contribution in [2.75, 3.05) is 0 Å². The Morgan fingerprint density at radius 1 is 0.800 bits per heavy atom. The molecular formula is C13H20O7. The summed E-state index contributed by atoms with van der Waals surface area (Å²) < 4.78 is 20.9.